The number of hydrogen-bond acceptors (Lipinski definition) is 4. The zero-order valence-corrected chi connectivity index (χ0v) is 14.0. The van der Waals surface area contributed by atoms with E-state index in [0.717, 1.165) is 5.56 Å². The van der Waals surface area contributed by atoms with Crippen LogP contribution in [0, 0.1) is 5.82 Å². The third-order valence-electron chi connectivity index (χ3n) is 3.13. The Morgan fingerprint density at radius 1 is 1.12 bits per heavy atom. The summed E-state index contributed by atoms with van der Waals surface area (Å²) in [6.45, 7) is 2.04. The van der Waals surface area contributed by atoms with E-state index in [2.05, 4.69) is 5.32 Å². The minimum absolute atomic E-state index is 0.0736. The van der Waals surface area contributed by atoms with Crippen molar-refractivity contribution in [2.75, 3.05) is 17.7 Å². The van der Waals surface area contributed by atoms with Crippen molar-refractivity contribution in [1.82, 2.24) is 0 Å². The van der Waals surface area contributed by atoms with E-state index in [0.29, 0.717) is 12.3 Å². The summed E-state index contributed by atoms with van der Waals surface area (Å²) in [7, 11) is 0. The number of hydrogen-bond donors (Lipinski definition) is 1. The van der Waals surface area contributed by atoms with E-state index in [1.165, 1.54) is 36.0 Å². The van der Waals surface area contributed by atoms with Gasteiger partial charge in [0.05, 0.1) is 12.4 Å². The lowest BCUT2D eigenvalue weighted by atomic mass is 10.1. The second-order valence-corrected chi connectivity index (χ2v) is 6.00. The number of carbonyl (C=O) groups excluding carboxylic acids is 2. The van der Waals surface area contributed by atoms with Gasteiger partial charge in [-0.25, -0.2) is 4.39 Å². The zero-order valence-electron chi connectivity index (χ0n) is 13.2. The Kier molecular flexibility index (Phi) is 6.81. The SMILES string of the molecule is CCOC(=O)CS[C@H](C(=O)Nc1ccc(F)cc1)c1ccccc1. The monoisotopic (exact) mass is 347 g/mol. The van der Waals surface area contributed by atoms with E-state index in [9.17, 15) is 14.0 Å². The average molecular weight is 347 g/mol. The van der Waals surface area contributed by atoms with Crippen molar-refractivity contribution in [3.05, 3.63) is 66.0 Å². The summed E-state index contributed by atoms with van der Waals surface area (Å²) in [5, 5.41) is 2.18. The highest BCUT2D eigenvalue weighted by atomic mass is 32.2. The molecule has 0 saturated heterocycles. The van der Waals surface area contributed by atoms with Gasteiger partial charge in [0.15, 0.2) is 0 Å². The number of carbonyl (C=O) groups is 2. The quantitative estimate of drug-likeness (QED) is 0.774. The Labute approximate surface area is 144 Å². The molecule has 0 aliphatic heterocycles. The molecule has 2 aromatic rings. The third kappa shape index (κ3) is 5.38. The van der Waals surface area contributed by atoms with Gasteiger partial charge in [-0.15, -0.1) is 11.8 Å². The topological polar surface area (TPSA) is 55.4 Å². The van der Waals surface area contributed by atoms with E-state index >= 15 is 0 Å². The van der Waals surface area contributed by atoms with Gasteiger partial charge in [0.1, 0.15) is 11.1 Å². The Morgan fingerprint density at radius 3 is 2.42 bits per heavy atom. The molecule has 0 aliphatic rings. The smallest absolute Gasteiger partial charge is 0.315 e. The number of anilines is 1. The molecule has 0 spiro atoms. The van der Waals surface area contributed by atoms with Crippen LogP contribution < -0.4 is 5.32 Å². The average Bonchev–Trinajstić information content (AvgIpc) is 2.58. The second-order valence-electron chi connectivity index (χ2n) is 4.90. The first-order chi connectivity index (χ1) is 11.6. The minimum atomic E-state index is -0.569. The molecule has 0 aliphatic carbocycles. The van der Waals surface area contributed by atoms with Crippen LogP contribution in [0.3, 0.4) is 0 Å². The number of amides is 1. The molecule has 24 heavy (non-hydrogen) atoms. The van der Waals surface area contributed by atoms with Crippen LogP contribution >= 0.6 is 11.8 Å². The molecule has 2 aromatic carbocycles. The third-order valence-corrected chi connectivity index (χ3v) is 4.35. The predicted molar refractivity (Wildman–Crippen MR) is 93.3 cm³/mol. The molecule has 0 fully saturated rings. The Bertz CT molecular complexity index is 676. The van der Waals surface area contributed by atoms with Crippen molar-refractivity contribution in [2.45, 2.75) is 12.2 Å². The summed E-state index contributed by atoms with van der Waals surface area (Å²) in [6.07, 6.45) is 0. The van der Waals surface area contributed by atoms with Crippen LogP contribution in [-0.2, 0) is 14.3 Å². The zero-order chi connectivity index (χ0) is 17.4. The van der Waals surface area contributed by atoms with E-state index in [1.807, 2.05) is 30.3 Å². The molecule has 126 valence electrons. The van der Waals surface area contributed by atoms with Gasteiger partial charge in [-0.1, -0.05) is 30.3 Å². The standard InChI is InChI=1S/C18H18FNO3S/c1-2-23-16(21)12-24-17(13-6-4-3-5-7-13)18(22)20-15-10-8-14(19)9-11-15/h3-11,17H,2,12H2,1H3,(H,20,22)/t17-/m0/s1. The van der Waals surface area contributed by atoms with E-state index < -0.39 is 5.25 Å². The molecule has 0 saturated carbocycles. The summed E-state index contributed by atoms with van der Waals surface area (Å²) < 4.78 is 17.9. The molecular formula is C18H18FNO3S. The van der Waals surface area contributed by atoms with E-state index in [-0.39, 0.29) is 23.4 Å². The largest absolute Gasteiger partial charge is 0.465 e. The first kappa shape index (κ1) is 18.0. The number of benzene rings is 2. The van der Waals surface area contributed by atoms with Crippen LogP contribution in [0.15, 0.2) is 54.6 Å². The number of nitrogens with one attached hydrogen (secondary N) is 1. The lowest BCUT2D eigenvalue weighted by Gasteiger charge is -2.16. The van der Waals surface area contributed by atoms with Gasteiger partial charge >= 0.3 is 5.97 Å². The summed E-state index contributed by atoms with van der Waals surface area (Å²) in [4.78, 5) is 24.2. The van der Waals surface area contributed by atoms with Crippen molar-refractivity contribution < 1.29 is 18.7 Å². The van der Waals surface area contributed by atoms with Crippen molar-refractivity contribution in [3.63, 3.8) is 0 Å². The van der Waals surface area contributed by atoms with Gasteiger partial charge < -0.3 is 10.1 Å². The number of thioether (sulfide) groups is 1. The first-order valence-electron chi connectivity index (χ1n) is 7.48. The van der Waals surface area contributed by atoms with Crippen LogP contribution in [0.2, 0.25) is 0 Å². The van der Waals surface area contributed by atoms with Gasteiger partial charge in [-0.05, 0) is 36.8 Å². The molecule has 4 nitrogen and oxygen atoms in total. The predicted octanol–water partition coefficient (Wildman–Crippen LogP) is 3.80. The van der Waals surface area contributed by atoms with Crippen molar-refractivity contribution >= 4 is 29.3 Å². The van der Waals surface area contributed by atoms with Crippen LogP contribution in [0.25, 0.3) is 0 Å². The second kappa shape index (κ2) is 9.08. The molecule has 1 amide bonds. The summed E-state index contributed by atoms with van der Waals surface area (Å²) >= 11 is 1.19. The lowest BCUT2D eigenvalue weighted by molar-refractivity contribution is -0.139. The molecule has 2 rings (SSSR count). The van der Waals surface area contributed by atoms with Gasteiger partial charge in [0.2, 0.25) is 5.91 Å². The fourth-order valence-electron chi connectivity index (χ4n) is 2.05. The molecule has 0 bridgehead atoms. The van der Waals surface area contributed by atoms with Gasteiger partial charge in [0, 0.05) is 5.69 Å². The van der Waals surface area contributed by atoms with Gasteiger partial charge in [-0.3, -0.25) is 9.59 Å². The molecule has 1 atom stereocenters. The van der Waals surface area contributed by atoms with Crippen molar-refractivity contribution in [3.8, 4) is 0 Å². The number of esters is 1. The van der Waals surface area contributed by atoms with Crippen LogP contribution in [0.5, 0.6) is 0 Å². The van der Waals surface area contributed by atoms with Crippen LogP contribution in [0.4, 0.5) is 10.1 Å². The van der Waals surface area contributed by atoms with E-state index in [4.69, 9.17) is 4.74 Å². The molecule has 0 heterocycles. The molecule has 1 N–H and O–H groups in total. The lowest BCUT2D eigenvalue weighted by Crippen LogP contribution is -2.20. The normalized spacial score (nSPS) is 11.6. The summed E-state index contributed by atoms with van der Waals surface area (Å²) in [5.41, 5.74) is 1.28. The van der Waals surface area contributed by atoms with Crippen molar-refractivity contribution in [1.29, 1.82) is 0 Å². The fourth-order valence-corrected chi connectivity index (χ4v) is 2.99. The number of ether oxygens (including phenoxy) is 1. The molecule has 6 heteroatoms. The van der Waals surface area contributed by atoms with E-state index in [1.54, 1.807) is 6.92 Å². The maximum Gasteiger partial charge on any atom is 0.315 e. The molecule has 0 aromatic heterocycles. The number of halogens is 1. The minimum Gasteiger partial charge on any atom is -0.465 e. The highest BCUT2D eigenvalue weighted by Crippen LogP contribution is 2.30. The van der Waals surface area contributed by atoms with Crippen LogP contribution in [-0.4, -0.2) is 24.2 Å². The van der Waals surface area contributed by atoms with Gasteiger partial charge in [-0.2, -0.15) is 0 Å². The Balaban J connectivity index is 2.10. The van der Waals surface area contributed by atoms with Crippen molar-refractivity contribution in [2.24, 2.45) is 0 Å². The maximum atomic E-state index is 13.0. The summed E-state index contributed by atoms with van der Waals surface area (Å²) in [5.74, 6) is -0.936. The Hall–Kier alpha value is -2.34. The molecular weight excluding hydrogens is 329 g/mol. The number of rotatable bonds is 7. The highest BCUT2D eigenvalue weighted by molar-refractivity contribution is 8.00. The maximum absolute atomic E-state index is 13.0. The fraction of sp³-hybridized carbons (Fsp3) is 0.222. The highest BCUT2D eigenvalue weighted by Gasteiger charge is 2.22. The van der Waals surface area contributed by atoms with Gasteiger partial charge in [0.25, 0.3) is 0 Å². The Morgan fingerprint density at radius 2 is 1.79 bits per heavy atom. The first-order valence-corrected chi connectivity index (χ1v) is 8.53. The van der Waals surface area contributed by atoms with Crippen LogP contribution in [0.1, 0.15) is 17.7 Å². The summed E-state index contributed by atoms with van der Waals surface area (Å²) in [6, 6.07) is 14.7. The molecule has 0 radical (unpaired) electrons. The molecule has 0 unspecified atom stereocenters.